The summed E-state index contributed by atoms with van der Waals surface area (Å²) in [6, 6.07) is 0. The Morgan fingerprint density at radius 2 is 1.48 bits per heavy atom. The summed E-state index contributed by atoms with van der Waals surface area (Å²) in [5.74, 6) is 6.03. The van der Waals surface area contributed by atoms with Crippen LogP contribution in [0.15, 0.2) is 23.8 Å². The van der Waals surface area contributed by atoms with Crippen molar-refractivity contribution in [3.8, 4) is 0 Å². The Balaban J connectivity index is 0.00000126. The van der Waals surface area contributed by atoms with Crippen molar-refractivity contribution in [2.24, 2.45) is 63.1 Å². The van der Waals surface area contributed by atoms with Gasteiger partial charge in [0.25, 0.3) is 0 Å². The van der Waals surface area contributed by atoms with Gasteiger partial charge in [0.2, 0.25) is 0 Å². The van der Waals surface area contributed by atoms with Crippen molar-refractivity contribution in [2.45, 2.75) is 121 Å². The third kappa shape index (κ3) is 3.66. The average molecular weight is 453 g/mol. The van der Waals surface area contributed by atoms with Crippen molar-refractivity contribution in [3.63, 3.8) is 0 Å². The number of rotatable bonds is 1. The molecule has 4 saturated carbocycles. The summed E-state index contributed by atoms with van der Waals surface area (Å²) < 4.78 is 0. The van der Waals surface area contributed by atoms with Crippen LogP contribution in [0, 0.1) is 63.1 Å². The first-order chi connectivity index (χ1) is 15.3. The second kappa shape index (κ2) is 8.27. The SMILES string of the molecule is C=C1CC2C(CCC3C2(C)CCC2C(C)(C)C(C)CCC23C)C1C1CC(C)(C)C=C1C.CC. The fourth-order valence-electron chi connectivity index (χ4n) is 11.0. The third-order valence-electron chi connectivity index (χ3n) is 12.6. The number of hydrogen-bond donors (Lipinski definition) is 0. The van der Waals surface area contributed by atoms with E-state index in [0.29, 0.717) is 21.7 Å². The minimum atomic E-state index is 0.379. The molecule has 5 rings (SSSR count). The van der Waals surface area contributed by atoms with Gasteiger partial charge < -0.3 is 0 Å². The zero-order chi connectivity index (χ0) is 24.6. The molecule has 0 aromatic rings. The molecule has 0 heterocycles. The van der Waals surface area contributed by atoms with Crippen molar-refractivity contribution in [3.05, 3.63) is 23.8 Å². The molecule has 5 aliphatic carbocycles. The van der Waals surface area contributed by atoms with Crippen molar-refractivity contribution in [1.82, 2.24) is 0 Å². The molecule has 188 valence electrons. The van der Waals surface area contributed by atoms with E-state index in [2.05, 4.69) is 61.5 Å². The predicted molar refractivity (Wildman–Crippen MR) is 145 cm³/mol. The van der Waals surface area contributed by atoms with E-state index in [1.54, 1.807) is 11.1 Å². The largest absolute Gasteiger partial charge is 0.0995 e. The molecule has 0 heteroatoms. The Hall–Kier alpha value is -0.520. The van der Waals surface area contributed by atoms with Gasteiger partial charge in [0.1, 0.15) is 0 Å². The van der Waals surface area contributed by atoms with Gasteiger partial charge in [-0.25, -0.2) is 0 Å². The molecular weight excluding hydrogens is 396 g/mol. The van der Waals surface area contributed by atoms with Crippen molar-refractivity contribution < 1.29 is 0 Å². The summed E-state index contributed by atoms with van der Waals surface area (Å²) in [5, 5.41) is 0. The van der Waals surface area contributed by atoms with Crippen molar-refractivity contribution >= 4 is 0 Å². The normalized spacial score (nSPS) is 49.8. The highest BCUT2D eigenvalue weighted by molar-refractivity contribution is 5.28. The number of hydrogen-bond acceptors (Lipinski definition) is 0. The fraction of sp³-hybridized carbons (Fsp3) is 0.879. The number of fused-ring (bicyclic) bond motifs is 5. The summed E-state index contributed by atoms with van der Waals surface area (Å²) >= 11 is 0. The van der Waals surface area contributed by atoms with Crippen LogP contribution in [0.3, 0.4) is 0 Å². The van der Waals surface area contributed by atoms with E-state index >= 15 is 0 Å². The molecule has 0 radical (unpaired) electrons. The maximum Gasteiger partial charge on any atom is -0.0109 e. The molecule has 0 spiro atoms. The van der Waals surface area contributed by atoms with Crippen LogP contribution in [-0.2, 0) is 0 Å². The molecule has 0 amide bonds. The Morgan fingerprint density at radius 1 is 0.848 bits per heavy atom. The van der Waals surface area contributed by atoms with E-state index in [4.69, 9.17) is 6.58 Å². The first-order valence-corrected chi connectivity index (χ1v) is 14.7. The maximum atomic E-state index is 4.76. The van der Waals surface area contributed by atoms with Gasteiger partial charge in [0.05, 0.1) is 0 Å². The predicted octanol–water partition coefficient (Wildman–Crippen LogP) is 10.1. The standard InChI is InChI=1S/C31H50.C2H6/c1-19-16-24-22(27(19)23-18-28(4,5)17-20(23)2)10-11-26-30(24,8)15-13-25-29(6,7)21(3)12-14-31(25,26)9;1-2/h17,21-27H,1,10-16,18H2,2-9H3;1-2H3. The lowest BCUT2D eigenvalue weighted by molar-refractivity contribution is -0.185. The second-order valence-corrected chi connectivity index (χ2v) is 14.8. The zero-order valence-corrected chi connectivity index (χ0v) is 24.0. The van der Waals surface area contributed by atoms with Gasteiger partial charge >= 0.3 is 0 Å². The first kappa shape index (κ1) is 25.6. The van der Waals surface area contributed by atoms with E-state index in [1.165, 1.54) is 51.4 Å². The fourth-order valence-corrected chi connectivity index (χ4v) is 11.0. The summed E-state index contributed by atoms with van der Waals surface area (Å²) in [6.45, 7) is 29.3. The molecule has 0 aromatic heterocycles. The van der Waals surface area contributed by atoms with Gasteiger partial charge in [-0.1, -0.05) is 86.1 Å². The Labute approximate surface area is 207 Å². The molecule has 33 heavy (non-hydrogen) atoms. The molecule has 0 nitrogen and oxygen atoms in total. The van der Waals surface area contributed by atoms with E-state index in [-0.39, 0.29) is 0 Å². The lowest BCUT2D eigenvalue weighted by Crippen LogP contribution is -2.60. The molecule has 0 bridgehead atoms. The Kier molecular flexibility index (Phi) is 6.41. The summed E-state index contributed by atoms with van der Waals surface area (Å²) in [4.78, 5) is 0. The maximum absolute atomic E-state index is 4.76. The van der Waals surface area contributed by atoms with E-state index in [1.807, 2.05) is 13.8 Å². The van der Waals surface area contributed by atoms with Gasteiger partial charge in [0.15, 0.2) is 0 Å². The molecule has 9 unspecified atom stereocenters. The third-order valence-corrected chi connectivity index (χ3v) is 12.6. The Bertz CT molecular complexity index is 795. The highest BCUT2D eigenvalue weighted by atomic mass is 14.7. The van der Waals surface area contributed by atoms with Crippen LogP contribution in [0.2, 0.25) is 0 Å². The summed E-state index contributed by atoms with van der Waals surface area (Å²) in [7, 11) is 0. The molecular formula is C33H56. The van der Waals surface area contributed by atoms with Crippen LogP contribution >= 0.6 is 0 Å². The van der Waals surface area contributed by atoms with Crippen LogP contribution in [0.5, 0.6) is 0 Å². The van der Waals surface area contributed by atoms with E-state index in [0.717, 1.165) is 41.4 Å². The van der Waals surface area contributed by atoms with Crippen LogP contribution in [0.25, 0.3) is 0 Å². The van der Waals surface area contributed by atoms with Gasteiger partial charge in [-0.2, -0.15) is 0 Å². The highest BCUT2D eigenvalue weighted by Crippen LogP contribution is 2.73. The monoisotopic (exact) mass is 452 g/mol. The van der Waals surface area contributed by atoms with Crippen LogP contribution in [0.4, 0.5) is 0 Å². The number of allylic oxidation sites excluding steroid dienone is 3. The first-order valence-electron chi connectivity index (χ1n) is 14.7. The quantitative estimate of drug-likeness (QED) is 0.347. The highest BCUT2D eigenvalue weighted by Gasteiger charge is 2.65. The van der Waals surface area contributed by atoms with Crippen molar-refractivity contribution in [2.75, 3.05) is 0 Å². The topological polar surface area (TPSA) is 0 Å². The molecule has 0 aliphatic heterocycles. The minimum Gasteiger partial charge on any atom is -0.0995 e. The molecule has 4 fully saturated rings. The smallest absolute Gasteiger partial charge is 0.0109 e. The van der Waals surface area contributed by atoms with Crippen LogP contribution in [-0.4, -0.2) is 0 Å². The molecule has 0 aromatic carbocycles. The lowest BCUT2D eigenvalue weighted by atomic mass is 9.37. The van der Waals surface area contributed by atoms with Gasteiger partial charge in [-0.3, -0.25) is 0 Å². The molecule has 5 aliphatic rings. The second-order valence-electron chi connectivity index (χ2n) is 14.8. The molecule has 9 atom stereocenters. The van der Waals surface area contributed by atoms with Crippen molar-refractivity contribution in [1.29, 1.82) is 0 Å². The van der Waals surface area contributed by atoms with Gasteiger partial charge in [0, 0.05) is 0 Å². The average Bonchev–Trinajstić information content (AvgIpc) is 3.21. The summed E-state index contributed by atoms with van der Waals surface area (Å²) in [6.07, 6.45) is 14.1. The summed E-state index contributed by atoms with van der Waals surface area (Å²) in [5.41, 5.74) is 5.27. The Morgan fingerprint density at radius 3 is 2.09 bits per heavy atom. The minimum absolute atomic E-state index is 0.379. The van der Waals surface area contributed by atoms with E-state index < -0.39 is 0 Å². The molecule has 0 N–H and O–H groups in total. The lowest BCUT2D eigenvalue weighted by Gasteiger charge is -2.67. The van der Waals surface area contributed by atoms with Gasteiger partial charge in [-0.05, 0) is 121 Å². The zero-order valence-electron chi connectivity index (χ0n) is 24.0. The van der Waals surface area contributed by atoms with Gasteiger partial charge in [-0.15, -0.1) is 0 Å². The molecule has 0 saturated heterocycles. The van der Waals surface area contributed by atoms with Crippen LogP contribution < -0.4 is 0 Å². The van der Waals surface area contributed by atoms with Crippen LogP contribution in [0.1, 0.15) is 121 Å². The van der Waals surface area contributed by atoms with E-state index in [9.17, 15) is 0 Å².